The van der Waals surface area contributed by atoms with Crippen molar-refractivity contribution in [3.8, 4) is 0 Å². The van der Waals surface area contributed by atoms with Gasteiger partial charge in [0.1, 0.15) is 0 Å². The third kappa shape index (κ3) is 0.954. The molecule has 0 aromatic rings. The molecule has 60 valence electrons. The molecule has 2 heteroatoms. The van der Waals surface area contributed by atoms with Crippen LogP contribution in [0.2, 0.25) is 0 Å². The van der Waals surface area contributed by atoms with Crippen LogP contribution in [0.1, 0.15) is 19.3 Å². The molecule has 3 saturated heterocycles. The average molecular weight is 151 g/mol. The van der Waals surface area contributed by atoms with Crippen LogP contribution in [0.5, 0.6) is 0 Å². The molecule has 0 amide bonds. The molecular formula is C9H15N2+. The molecule has 3 rings (SSSR count). The highest BCUT2D eigenvalue weighted by atomic mass is 15.4. The second kappa shape index (κ2) is 1.98. The van der Waals surface area contributed by atoms with Gasteiger partial charge in [-0.15, -0.1) is 0 Å². The van der Waals surface area contributed by atoms with Crippen molar-refractivity contribution in [3.63, 3.8) is 0 Å². The lowest BCUT2D eigenvalue weighted by atomic mass is 9.79. The molecule has 0 aromatic carbocycles. The summed E-state index contributed by atoms with van der Waals surface area (Å²) in [5.74, 6) is 0. The Morgan fingerprint density at radius 1 is 1.18 bits per heavy atom. The number of fused-ring (bicyclic) bond motifs is 3. The van der Waals surface area contributed by atoms with Crippen LogP contribution in [0.3, 0.4) is 0 Å². The number of rotatable bonds is 0. The highest BCUT2D eigenvalue weighted by Gasteiger charge is 2.51. The highest BCUT2D eigenvalue weighted by Crippen LogP contribution is 2.38. The molecular weight excluding hydrogens is 136 g/mol. The largest absolute Gasteiger partial charge is 0.325 e. The van der Waals surface area contributed by atoms with E-state index in [-0.39, 0.29) is 5.54 Å². The first-order chi connectivity index (χ1) is 5.18. The zero-order chi connectivity index (χ0) is 7.95. The van der Waals surface area contributed by atoms with E-state index >= 15 is 0 Å². The van der Waals surface area contributed by atoms with E-state index in [0.29, 0.717) is 0 Å². The van der Waals surface area contributed by atoms with E-state index in [2.05, 4.69) is 11.9 Å². The molecule has 0 aromatic heterocycles. The minimum atomic E-state index is 0.0794. The molecule has 0 saturated carbocycles. The summed E-state index contributed by atoms with van der Waals surface area (Å²) in [5.41, 5.74) is 0.0794. The van der Waals surface area contributed by atoms with E-state index in [9.17, 15) is 0 Å². The van der Waals surface area contributed by atoms with Crippen molar-refractivity contribution in [1.29, 1.82) is 0 Å². The van der Waals surface area contributed by atoms with Gasteiger partial charge in [0.05, 0.1) is 45.9 Å². The number of hydrogen-bond donors (Lipinski definition) is 0. The van der Waals surface area contributed by atoms with Crippen LogP contribution in [-0.2, 0) is 0 Å². The van der Waals surface area contributed by atoms with Crippen molar-refractivity contribution in [2.45, 2.75) is 24.8 Å². The summed E-state index contributed by atoms with van der Waals surface area (Å²) in [4.78, 5) is 3.81. The van der Waals surface area contributed by atoms with Gasteiger partial charge in [0, 0.05) is 0 Å². The Balaban J connectivity index is 2.20. The molecule has 2 nitrogen and oxygen atoms in total. The van der Waals surface area contributed by atoms with Gasteiger partial charge in [-0.3, -0.25) is 0 Å². The van der Waals surface area contributed by atoms with Gasteiger partial charge in [0.2, 0.25) is 5.54 Å². The van der Waals surface area contributed by atoms with E-state index in [1.807, 2.05) is 0 Å². The Morgan fingerprint density at radius 2 is 1.64 bits per heavy atom. The second-order valence-corrected chi connectivity index (χ2v) is 4.38. The Kier molecular flexibility index (Phi) is 1.28. The van der Waals surface area contributed by atoms with Crippen LogP contribution in [0, 0.1) is 6.57 Å². The fraction of sp³-hybridized carbons (Fsp3) is 0.889. The highest BCUT2D eigenvalue weighted by molar-refractivity contribution is 5.02. The zero-order valence-corrected chi connectivity index (χ0v) is 7.14. The summed E-state index contributed by atoms with van der Waals surface area (Å²) in [6.07, 6.45) is 3.44. The van der Waals surface area contributed by atoms with E-state index in [4.69, 9.17) is 6.57 Å². The smallest absolute Gasteiger partial charge is 0.248 e. The lowest BCUT2D eigenvalue weighted by Gasteiger charge is -2.47. The summed E-state index contributed by atoms with van der Waals surface area (Å²) in [7, 11) is 2.33. The molecule has 3 fully saturated rings. The van der Waals surface area contributed by atoms with Crippen molar-refractivity contribution in [2.24, 2.45) is 0 Å². The SMILES string of the molecule is [C-]#[N+]C12CC[N+](C)(CC1)CC2. The Morgan fingerprint density at radius 3 is 2.00 bits per heavy atom. The molecule has 0 atom stereocenters. The maximum absolute atomic E-state index is 7.15. The van der Waals surface area contributed by atoms with Crippen LogP contribution in [-0.4, -0.2) is 36.7 Å². The lowest BCUT2D eigenvalue weighted by molar-refractivity contribution is -0.924. The summed E-state index contributed by atoms with van der Waals surface area (Å²) in [6, 6.07) is 0. The molecule has 3 aliphatic heterocycles. The van der Waals surface area contributed by atoms with Crippen LogP contribution < -0.4 is 0 Å². The zero-order valence-electron chi connectivity index (χ0n) is 7.14. The van der Waals surface area contributed by atoms with Gasteiger partial charge in [-0.05, 0) is 0 Å². The summed E-state index contributed by atoms with van der Waals surface area (Å²) in [6.45, 7) is 10.9. The fourth-order valence-corrected chi connectivity index (χ4v) is 2.31. The third-order valence-corrected chi connectivity index (χ3v) is 3.59. The van der Waals surface area contributed by atoms with Gasteiger partial charge in [0.25, 0.3) is 0 Å². The van der Waals surface area contributed by atoms with Crippen molar-refractivity contribution in [2.75, 3.05) is 26.7 Å². The van der Waals surface area contributed by atoms with Gasteiger partial charge in [-0.1, -0.05) is 0 Å². The molecule has 0 unspecified atom stereocenters. The van der Waals surface area contributed by atoms with Crippen LogP contribution in [0.15, 0.2) is 0 Å². The summed E-state index contributed by atoms with van der Waals surface area (Å²) >= 11 is 0. The van der Waals surface area contributed by atoms with E-state index in [1.165, 1.54) is 24.1 Å². The Labute approximate surface area is 68.2 Å². The van der Waals surface area contributed by atoms with Gasteiger partial charge in [0.15, 0.2) is 0 Å². The van der Waals surface area contributed by atoms with Gasteiger partial charge < -0.3 is 9.33 Å². The van der Waals surface area contributed by atoms with Crippen molar-refractivity contribution in [1.82, 2.24) is 0 Å². The normalized spacial score (nSPS) is 48.7. The van der Waals surface area contributed by atoms with Gasteiger partial charge in [-0.2, -0.15) is 0 Å². The quantitative estimate of drug-likeness (QED) is 0.363. The number of hydrogen-bond acceptors (Lipinski definition) is 0. The number of nitrogens with zero attached hydrogens (tertiary/aromatic N) is 2. The number of piperidine rings is 3. The van der Waals surface area contributed by atoms with Gasteiger partial charge in [-0.25, -0.2) is 6.57 Å². The summed E-state index contributed by atoms with van der Waals surface area (Å²) in [5, 5.41) is 0. The van der Waals surface area contributed by atoms with E-state index in [1.54, 1.807) is 0 Å². The number of quaternary nitrogens is 1. The molecule has 3 heterocycles. The second-order valence-electron chi connectivity index (χ2n) is 4.38. The van der Waals surface area contributed by atoms with Crippen molar-refractivity contribution >= 4 is 0 Å². The van der Waals surface area contributed by atoms with Crippen LogP contribution in [0.4, 0.5) is 0 Å². The molecule has 0 aliphatic carbocycles. The maximum Gasteiger partial charge on any atom is 0.248 e. The predicted octanol–water partition coefficient (Wildman–Crippen LogP) is 1.29. The minimum Gasteiger partial charge on any atom is -0.325 e. The Bertz CT molecular complexity index is 190. The van der Waals surface area contributed by atoms with Crippen molar-refractivity contribution in [3.05, 3.63) is 11.4 Å². The molecule has 2 bridgehead atoms. The molecule has 11 heavy (non-hydrogen) atoms. The predicted molar refractivity (Wildman–Crippen MR) is 44.0 cm³/mol. The maximum atomic E-state index is 7.15. The van der Waals surface area contributed by atoms with E-state index < -0.39 is 0 Å². The minimum absolute atomic E-state index is 0.0794. The molecule has 0 spiro atoms. The Hall–Kier alpha value is -0.550. The van der Waals surface area contributed by atoms with Crippen molar-refractivity contribution < 1.29 is 4.48 Å². The molecule has 3 aliphatic rings. The van der Waals surface area contributed by atoms with Gasteiger partial charge >= 0.3 is 0 Å². The standard InChI is InChI=1S/C9H15N2/c1-10-9-3-6-11(2,7-4-9)8-5-9/h3-8H2,2H3/q+1. The third-order valence-electron chi connectivity index (χ3n) is 3.59. The molecule has 0 radical (unpaired) electrons. The summed E-state index contributed by atoms with van der Waals surface area (Å²) < 4.78 is 1.23. The average Bonchev–Trinajstić information content (AvgIpc) is 2.07. The lowest BCUT2D eigenvalue weighted by Crippen LogP contribution is -2.60. The first kappa shape index (κ1) is 7.12. The first-order valence-electron chi connectivity index (χ1n) is 4.40. The van der Waals surface area contributed by atoms with E-state index in [0.717, 1.165) is 19.3 Å². The monoisotopic (exact) mass is 151 g/mol. The first-order valence-corrected chi connectivity index (χ1v) is 4.40. The molecule has 0 N–H and O–H groups in total. The topological polar surface area (TPSA) is 4.36 Å². The van der Waals surface area contributed by atoms with Crippen LogP contribution in [0.25, 0.3) is 4.85 Å². The fourth-order valence-electron chi connectivity index (χ4n) is 2.31. The van der Waals surface area contributed by atoms with Crippen LogP contribution >= 0.6 is 0 Å².